The van der Waals surface area contributed by atoms with Crippen LogP contribution in [0.3, 0.4) is 0 Å². The molecule has 1 aromatic heterocycles. The normalized spacial score (nSPS) is 10.2. The van der Waals surface area contributed by atoms with Crippen molar-refractivity contribution in [1.82, 2.24) is 0 Å². The number of nitro benzene ring substituents is 1. The third kappa shape index (κ3) is 3.01. The lowest BCUT2D eigenvalue weighted by Crippen LogP contribution is -1.90. The Bertz CT molecular complexity index is 654. The molecule has 19 heavy (non-hydrogen) atoms. The number of halogens is 1. The van der Waals surface area contributed by atoms with Crippen molar-refractivity contribution in [3.63, 3.8) is 0 Å². The summed E-state index contributed by atoms with van der Waals surface area (Å²) in [6.07, 6.45) is 0. The molecule has 8 heteroatoms. The monoisotopic (exact) mass is 299 g/mol. The fourth-order valence-corrected chi connectivity index (χ4v) is 2.26. The molecule has 0 atom stereocenters. The van der Waals surface area contributed by atoms with Crippen molar-refractivity contribution in [2.75, 3.05) is 0 Å². The molecule has 0 spiro atoms. The van der Waals surface area contributed by atoms with E-state index in [0.717, 1.165) is 11.3 Å². The average Bonchev–Trinajstić information content (AvgIpc) is 2.77. The molecule has 1 N–H and O–H groups in total. The lowest BCUT2D eigenvalue weighted by molar-refractivity contribution is -0.384. The zero-order valence-corrected chi connectivity index (χ0v) is 10.8. The van der Waals surface area contributed by atoms with Crippen LogP contribution in [0.15, 0.2) is 30.3 Å². The van der Waals surface area contributed by atoms with Crippen molar-refractivity contribution in [2.24, 2.45) is 0 Å². The summed E-state index contributed by atoms with van der Waals surface area (Å²) in [5.41, 5.74) is -0.216. The van der Waals surface area contributed by atoms with Crippen molar-refractivity contribution in [2.45, 2.75) is 0 Å². The summed E-state index contributed by atoms with van der Waals surface area (Å²) in [5, 5.41) is 19.7. The van der Waals surface area contributed by atoms with Crippen molar-refractivity contribution in [1.29, 1.82) is 0 Å². The van der Waals surface area contributed by atoms with Gasteiger partial charge >= 0.3 is 5.97 Å². The molecule has 0 radical (unpaired) electrons. The van der Waals surface area contributed by atoms with Gasteiger partial charge in [-0.2, -0.15) is 0 Å². The van der Waals surface area contributed by atoms with Crippen LogP contribution < -0.4 is 4.74 Å². The largest absolute Gasteiger partial charge is 0.477 e. The zero-order valence-electron chi connectivity index (χ0n) is 9.20. The first kappa shape index (κ1) is 13.3. The Morgan fingerprint density at radius 3 is 2.63 bits per heavy atom. The van der Waals surface area contributed by atoms with Gasteiger partial charge < -0.3 is 9.84 Å². The van der Waals surface area contributed by atoms with Crippen molar-refractivity contribution in [3.05, 3.63) is 50.3 Å². The molecule has 0 amide bonds. The molecule has 0 aliphatic carbocycles. The van der Waals surface area contributed by atoms with E-state index in [4.69, 9.17) is 21.4 Å². The first-order valence-corrected chi connectivity index (χ1v) is 6.12. The zero-order chi connectivity index (χ0) is 14.0. The number of carboxylic acids is 1. The van der Waals surface area contributed by atoms with E-state index in [-0.39, 0.29) is 15.6 Å². The third-order valence-electron chi connectivity index (χ3n) is 2.13. The van der Waals surface area contributed by atoms with Crippen molar-refractivity contribution in [3.8, 4) is 10.8 Å². The van der Waals surface area contributed by atoms with Crippen LogP contribution in [0.4, 0.5) is 5.69 Å². The number of aromatic carboxylic acids is 1. The fraction of sp³-hybridized carbons (Fsp3) is 0. The topological polar surface area (TPSA) is 89.7 Å². The van der Waals surface area contributed by atoms with E-state index >= 15 is 0 Å². The van der Waals surface area contributed by atoms with Crippen LogP contribution in [0.1, 0.15) is 9.67 Å². The summed E-state index contributed by atoms with van der Waals surface area (Å²) in [7, 11) is 0. The highest BCUT2D eigenvalue weighted by molar-refractivity contribution is 7.15. The lowest BCUT2D eigenvalue weighted by atomic mass is 10.3. The van der Waals surface area contributed by atoms with E-state index in [1.54, 1.807) is 0 Å². The summed E-state index contributed by atoms with van der Waals surface area (Å²) < 4.78 is 5.37. The molecule has 98 valence electrons. The van der Waals surface area contributed by atoms with E-state index < -0.39 is 10.9 Å². The Kier molecular flexibility index (Phi) is 3.68. The number of hydrogen-bond donors (Lipinski definition) is 1. The number of carbonyl (C=O) groups is 1. The molecular weight excluding hydrogens is 294 g/mol. The van der Waals surface area contributed by atoms with Crippen LogP contribution in [0.5, 0.6) is 10.8 Å². The number of carboxylic acid groups (broad SMARTS) is 1. The second-order valence-electron chi connectivity index (χ2n) is 3.40. The van der Waals surface area contributed by atoms with Gasteiger partial charge in [0.05, 0.1) is 4.92 Å². The summed E-state index contributed by atoms with van der Waals surface area (Å²) in [5.74, 6) is -0.740. The Labute approximate surface area is 116 Å². The van der Waals surface area contributed by atoms with Gasteiger partial charge in [0.25, 0.3) is 5.69 Å². The molecule has 1 heterocycles. The molecule has 1 aromatic carbocycles. The Morgan fingerprint density at radius 1 is 1.37 bits per heavy atom. The highest BCUT2D eigenvalue weighted by Crippen LogP contribution is 2.33. The minimum absolute atomic E-state index is 0.0440. The van der Waals surface area contributed by atoms with Gasteiger partial charge in [-0.05, 0) is 18.2 Å². The first-order chi connectivity index (χ1) is 8.97. The Balaban J connectivity index is 2.21. The number of ether oxygens (including phenoxy) is 1. The fourth-order valence-electron chi connectivity index (χ4n) is 1.31. The standard InChI is InChI=1S/C11H6ClNO5S/c12-7-5-6(1-2-8(7)13(16)17)18-10-4-3-9(19-10)11(14)15/h1-5H,(H,14,15). The minimum atomic E-state index is -1.04. The van der Waals surface area contributed by atoms with E-state index in [2.05, 4.69) is 0 Å². The van der Waals surface area contributed by atoms with Crippen LogP contribution in [-0.4, -0.2) is 16.0 Å². The van der Waals surface area contributed by atoms with Gasteiger partial charge in [0, 0.05) is 12.1 Å². The number of nitrogens with zero attached hydrogens (tertiary/aromatic N) is 1. The second-order valence-corrected chi connectivity index (χ2v) is 4.85. The molecule has 0 bridgehead atoms. The lowest BCUT2D eigenvalue weighted by Gasteiger charge is -2.03. The molecule has 2 rings (SSSR count). The molecule has 0 aliphatic rings. The minimum Gasteiger partial charge on any atom is -0.477 e. The summed E-state index contributed by atoms with van der Waals surface area (Å²) >= 11 is 6.69. The van der Waals surface area contributed by atoms with Crippen LogP contribution in [0, 0.1) is 10.1 Å². The van der Waals surface area contributed by atoms with E-state index in [0.29, 0.717) is 10.8 Å². The maximum atomic E-state index is 10.7. The second kappa shape index (κ2) is 5.25. The predicted octanol–water partition coefficient (Wildman–Crippen LogP) is 3.80. The van der Waals surface area contributed by atoms with Gasteiger partial charge in [0.15, 0.2) is 5.06 Å². The molecule has 0 aliphatic heterocycles. The maximum Gasteiger partial charge on any atom is 0.345 e. The van der Waals surface area contributed by atoms with Crippen molar-refractivity contribution < 1.29 is 19.6 Å². The highest BCUT2D eigenvalue weighted by atomic mass is 35.5. The van der Waals surface area contributed by atoms with Gasteiger partial charge in [-0.3, -0.25) is 10.1 Å². The molecule has 0 saturated heterocycles. The third-order valence-corrected chi connectivity index (χ3v) is 3.38. The van der Waals surface area contributed by atoms with Gasteiger partial charge in [-0.25, -0.2) is 4.79 Å². The van der Waals surface area contributed by atoms with E-state index in [1.807, 2.05) is 0 Å². The van der Waals surface area contributed by atoms with E-state index in [9.17, 15) is 14.9 Å². The molecule has 6 nitrogen and oxygen atoms in total. The summed E-state index contributed by atoms with van der Waals surface area (Å²) in [6, 6.07) is 6.84. The van der Waals surface area contributed by atoms with Gasteiger partial charge in [0.2, 0.25) is 0 Å². The van der Waals surface area contributed by atoms with Crippen LogP contribution in [-0.2, 0) is 0 Å². The Hall–Kier alpha value is -2.12. The molecule has 0 saturated carbocycles. The smallest absolute Gasteiger partial charge is 0.345 e. The molecule has 0 fully saturated rings. The van der Waals surface area contributed by atoms with Crippen LogP contribution >= 0.6 is 22.9 Å². The summed E-state index contributed by atoms with van der Waals surface area (Å²) in [4.78, 5) is 20.8. The number of benzene rings is 1. The maximum absolute atomic E-state index is 10.7. The first-order valence-electron chi connectivity index (χ1n) is 4.92. The van der Waals surface area contributed by atoms with Gasteiger partial charge in [0.1, 0.15) is 15.6 Å². The molecule has 0 unspecified atom stereocenters. The molecular formula is C11H6ClNO5S. The van der Waals surface area contributed by atoms with E-state index in [1.165, 1.54) is 30.3 Å². The number of thiophene rings is 1. The highest BCUT2D eigenvalue weighted by Gasteiger charge is 2.14. The number of rotatable bonds is 4. The number of nitro groups is 1. The van der Waals surface area contributed by atoms with Gasteiger partial charge in [-0.15, -0.1) is 0 Å². The van der Waals surface area contributed by atoms with Gasteiger partial charge in [-0.1, -0.05) is 22.9 Å². The van der Waals surface area contributed by atoms with Crippen LogP contribution in [0.25, 0.3) is 0 Å². The molecule has 2 aromatic rings. The number of hydrogen-bond acceptors (Lipinski definition) is 5. The quantitative estimate of drug-likeness (QED) is 0.685. The van der Waals surface area contributed by atoms with Crippen LogP contribution in [0.2, 0.25) is 5.02 Å². The van der Waals surface area contributed by atoms with Crippen molar-refractivity contribution >= 4 is 34.6 Å². The average molecular weight is 300 g/mol. The summed E-state index contributed by atoms with van der Waals surface area (Å²) in [6.45, 7) is 0. The Morgan fingerprint density at radius 2 is 2.11 bits per heavy atom. The predicted molar refractivity (Wildman–Crippen MR) is 69.5 cm³/mol. The SMILES string of the molecule is O=C(O)c1ccc(Oc2ccc([N+](=O)[O-])c(Cl)c2)s1.